The second kappa shape index (κ2) is 6.21. The van der Waals surface area contributed by atoms with Gasteiger partial charge >= 0.3 is 11.9 Å². The Labute approximate surface area is 109 Å². The average Bonchev–Trinajstić information content (AvgIpc) is 2.27. The summed E-state index contributed by atoms with van der Waals surface area (Å²) >= 11 is 0. The first-order valence-electron chi connectivity index (χ1n) is 6.73. The number of carbonyl (C=O) groups is 2. The second-order valence-electron chi connectivity index (χ2n) is 5.83. The molecule has 0 amide bonds. The van der Waals surface area contributed by atoms with E-state index in [9.17, 15) is 9.59 Å². The van der Waals surface area contributed by atoms with Gasteiger partial charge in [0, 0.05) is 0 Å². The second-order valence-corrected chi connectivity index (χ2v) is 5.83. The molecule has 104 valence electrons. The van der Waals surface area contributed by atoms with Crippen molar-refractivity contribution < 1.29 is 19.1 Å². The molecule has 0 aliphatic heterocycles. The smallest absolute Gasteiger partial charge is 0.309 e. The molecular formula is C14H24O4. The van der Waals surface area contributed by atoms with E-state index in [1.54, 1.807) is 0 Å². The van der Waals surface area contributed by atoms with E-state index in [1.807, 2.05) is 27.7 Å². The van der Waals surface area contributed by atoms with E-state index < -0.39 is 5.60 Å². The van der Waals surface area contributed by atoms with Gasteiger partial charge in [-0.15, -0.1) is 0 Å². The predicted molar refractivity (Wildman–Crippen MR) is 67.9 cm³/mol. The molecule has 0 bridgehead atoms. The van der Waals surface area contributed by atoms with Crippen LogP contribution in [0.2, 0.25) is 0 Å². The number of esters is 2. The molecule has 0 spiro atoms. The third kappa shape index (κ3) is 4.67. The summed E-state index contributed by atoms with van der Waals surface area (Å²) in [4.78, 5) is 23.4. The fourth-order valence-electron chi connectivity index (χ4n) is 2.21. The number of rotatable bonds is 3. The zero-order valence-corrected chi connectivity index (χ0v) is 11.8. The molecule has 0 saturated heterocycles. The summed E-state index contributed by atoms with van der Waals surface area (Å²) in [7, 11) is 0. The quantitative estimate of drug-likeness (QED) is 0.728. The zero-order chi connectivity index (χ0) is 13.8. The first-order chi connectivity index (χ1) is 8.33. The van der Waals surface area contributed by atoms with E-state index >= 15 is 0 Å². The molecule has 0 aromatic carbocycles. The third-order valence-corrected chi connectivity index (χ3v) is 3.09. The molecular weight excluding hydrogens is 232 g/mol. The molecule has 4 nitrogen and oxygen atoms in total. The zero-order valence-electron chi connectivity index (χ0n) is 11.8. The topological polar surface area (TPSA) is 52.6 Å². The van der Waals surface area contributed by atoms with Crippen LogP contribution in [0.3, 0.4) is 0 Å². The normalized spacial score (nSPS) is 24.4. The fraction of sp³-hybridized carbons (Fsp3) is 0.857. The van der Waals surface area contributed by atoms with Crippen LogP contribution in [-0.2, 0) is 19.1 Å². The Hall–Kier alpha value is -1.06. The largest absolute Gasteiger partial charge is 0.466 e. The van der Waals surface area contributed by atoms with Crippen molar-refractivity contribution in [2.75, 3.05) is 6.61 Å². The molecule has 0 atom stereocenters. The summed E-state index contributed by atoms with van der Waals surface area (Å²) < 4.78 is 10.4. The van der Waals surface area contributed by atoms with Gasteiger partial charge in [0.05, 0.1) is 18.4 Å². The van der Waals surface area contributed by atoms with Gasteiger partial charge in [-0.25, -0.2) is 0 Å². The summed E-state index contributed by atoms with van der Waals surface area (Å²) in [5.41, 5.74) is -0.435. The predicted octanol–water partition coefficient (Wildman–Crippen LogP) is 2.70. The van der Waals surface area contributed by atoms with Gasteiger partial charge in [-0.2, -0.15) is 0 Å². The van der Waals surface area contributed by atoms with Crippen molar-refractivity contribution >= 4 is 11.9 Å². The monoisotopic (exact) mass is 256 g/mol. The van der Waals surface area contributed by atoms with Gasteiger partial charge in [0.15, 0.2) is 0 Å². The molecule has 0 N–H and O–H groups in total. The SMILES string of the molecule is CCOC(=O)C1CCC(C(=O)OC(C)(C)C)CC1. The first kappa shape index (κ1) is 15.0. The molecule has 4 heteroatoms. The highest BCUT2D eigenvalue weighted by Crippen LogP contribution is 2.31. The van der Waals surface area contributed by atoms with E-state index in [2.05, 4.69) is 0 Å². The molecule has 0 radical (unpaired) electrons. The molecule has 0 unspecified atom stereocenters. The molecule has 1 aliphatic rings. The summed E-state index contributed by atoms with van der Waals surface area (Å²) in [5, 5.41) is 0. The van der Waals surface area contributed by atoms with Crippen molar-refractivity contribution in [2.24, 2.45) is 11.8 Å². The van der Waals surface area contributed by atoms with Crippen LogP contribution in [0.5, 0.6) is 0 Å². The summed E-state index contributed by atoms with van der Waals surface area (Å²) in [5.74, 6) is -0.358. The minimum Gasteiger partial charge on any atom is -0.466 e. The van der Waals surface area contributed by atoms with Crippen LogP contribution in [0.25, 0.3) is 0 Å². The lowest BCUT2D eigenvalue weighted by atomic mass is 9.82. The van der Waals surface area contributed by atoms with Crippen LogP contribution < -0.4 is 0 Å². The van der Waals surface area contributed by atoms with Crippen molar-refractivity contribution in [2.45, 2.75) is 59.0 Å². The molecule has 1 fully saturated rings. The van der Waals surface area contributed by atoms with Crippen LogP contribution in [0.4, 0.5) is 0 Å². The van der Waals surface area contributed by atoms with Crippen molar-refractivity contribution in [3.05, 3.63) is 0 Å². The molecule has 1 saturated carbocycles. The van der Waals surface area contributed by atoms with E-state index in [0.29, 0.717) is 6.61 Å². The van der Waals surface area contributed by atoms with E-state index in [-0.39, 0.29) is 23.8 Å². The van der Waals surface area contributed by atoms with Gasteiger partial charge in [0.1, 0.15) is 5.60 Å². The molecule has 0 heterocycles. The van der Waals surface area contributed by atoms with Crippen LogP contribution >= 0.6 is 0 Å². The average molecular weight is 256 g/mol. The number of carbonyl (C=O) groups excluding carboxylic acids is 2. The molecule has 18 heavy (non-hydrogen) atoms. The van der Waals surface area contributed by atoms with Gasteiger partial charge in [-0.1, -0.05) is 0 Å². The Morgan fingerprint density at radius 2 is 1.44 bits per heavy atom. The van der Waals surface area contributed by atoms with Gasteiger partial charge in [0.25, 0.3) is 0 Å². The Bertz CT molecular complexity index is 295. The van der Waals surface area contributed by atoms with Crippen LogP contribution in [-0.4, -0.2) is 24.1 Å². The molecule has 1 rings (SSSR count). The summed E-state index contributed by atoms with van der Waals surface area (Å²) in [6, 6.07) is 0. The Balaban J connectivity index is 2.39. The van der Waals surface area contributed by atoms with E-state index in [1.165, 1.54) is 0 Å². The highest BCUT2D eigenvalue weighted by Gasteiger charge is 2.32. The Morgan fingerprint density at radius 3 is 1.83 bits per heavy atom. The highest BCUT2D eigenvalue weighted by molar-refractivity contribution is 5.75. The lowest BCUT2D eigenvalue weighted by Gasteiger charge is -2.28. The standard InChI is InChI=1S/C14H24O4/c1-5-17-12(15)10-6-8-11(9-7-10)13(16)18-14(2,3)4/h10-11H,5-9H2,1-4H3. The van der Waals surface area contributed by atoms with Crippen LogP contribution in [0.1, 0.15) is 53.4 Å². The van der Waals surface area contributed by atoms with Crippen molar-refractivity contribution in [3.8, 4) is 0 Å². The van der Waals surface area contributed by atoms with E-state index in [4.69, 9.17) is 9.47 Å². The Morgan fingerprint density at radius 1 is 1.00 bits per heavy atom. The minimum atomic E-state index is -0.435. The maximum Gasteiger partial charge on any atom is 0.309 e. The highest BCUT2D eigenvalue weighted by atomic mass is 16.6. The maximum absolute atomic E-state index is 11.9. The third-order valence-electron chi connectivity index (χ3n) is 3.09. The molecule has 0 aromatic heterocycles. The molecule has 1 aliphatic carbocycles. The number of hydrogen-bond acceptors (Lipinski definition) is 4. The fourth-order valence-corrected chi connectivity index (χ4v) is 2.21. The van der Waals surface area contributed by atoms with Crippen molar-refractivity contribution in [3.63, 3.8) is 0 Å². The number of hydrogen-bond donors (Lipinski definition) is 0. The van der Waals surface area contributed by atoms with Gasteiger partial charge in [-0.3, -0.25) is 9.59 Å². The van der Waals surface area contributed by atoms with Gasteiger partial charge < -0.3 is 9.47 Å². The Kier molecular flexibility index (Phi) is 5.17. The number of ether oxygens (including phenoxy) is 2. The van der Waals surface area contributed by atoms with Crippen molar-refractivity contribution in [1.29, 1.82) is 0 Å². The van der Waals surface area contributed by atoms with Gasteiger partial charge in [0.2, 0.25) is 0 Å². The molecule has 0 aromatic rings. The lowest BCUT2D eigenvalue weighted by Crippen LogP contribution is -2.32. The summed E-state index contributed by atoms with van der Waals surface area (Å²) in [6.07, 6.45) is 2.89. The van der Waals surface area contributed by atoms with E-state index in [0.717, 1.165) is 25.7 Å². The minimum absolute atomic E-state index is 0.0383. The first-order valence-corrected chi connectivity index (χ1v) is 6.73. The van der Waals surface area contributed by atoms with Crippen LogP contribution in [0, 0.1) is 11.8 Å². The lowest BCUT2D eigenvalue weighted by molar-refractivity contribution is -0.163. The van der Waals surface area contributed by atoms with Crippen LogP contribution in [0.15, 0.2) is 0 Å². The summed E-state index contributed by atoms with van der Waals surface area (Å²) in [6.45, 7) is 7.84. The van der Waals surface area contributed by atoms with Gasteiger partial charge in [-0.05, 0) is 53.4 Å². The maximum atomic E-state index is 11.9. The van der Waals surface area contributed by atoms with Crippen molar-refractivity contribution in [1.82, 2.24) is 0 Å².